The zero-order valence-electron chi connectivity index (χ0n) is 16.3. The molecule has 1 heterocycles. The SMILES string of the molecule is C=NC=CC(=CC)C(=O)Nc1ccc(C(C)=NNC(=O)c2nn(C)cc2Br)cc1. The maximum absolute atomic E-state index is 12.2. The summed E-state index contributed by atoms with van der Waals surface area (Å²) < 4.78 is 2.12. The number of halogens is 1. The number of aromatic nitrogens is 2. The molecule has 1 aromatic carbocycles. The molecule has 0 unspecified atom stereocenters. The Hall–Kier alpha value is -3.33. The zero-order valence-corrected chi connectivity index (χ0v) is 17.9. The molecule has 1 aromatic heterocycles. The number of hydrogen-bond donors (Lipinski definition) is 2. The Balaban J connectivity index is 2.03. The van der Waals surface area contributed by atoms with Crippen LogP contribution in [0.25, 0.3) is 0 Å². The van der Waals surface area contributed by atoms with Gasteiger partial charge in [0.05, 0.1) is 10.2 Å². The first-order valence-electron chi connectivity index (χ1n) is 8.60. The number of nitrogens with one attached hydrogen (secondary N) is 2. The molecule has 0 fully saturated rings. The van der Waals surface area contributed by atoms with Gasteiger partial charge in [0.25, 0.3) is 11.8 Å². The van der Waals surface area contributed by atoms with E-state index >= 15 is 0 Å². The topological polar surface area (TPSA) is 101 Å². The summed E-state index contributed by atoms with van der Waals surface area (Å²) in [6, 6.07) is 7.11. The van der Waals surface area contributed by atoms with Crippen molar-refractivity contribution in [2.45, 2.75) is 13.8 Å². The van der Waals surface area contributed by atoms with Crippen molar-refractivity contribution in [3.8, 4) is 0 Å². The molecule has 0 saturated carbocycles. The highest BCUT2D eigenvalue weighted by atomic mass is 79.9. The fourth-order valence-corrected chi connectivity index (χ4v) is 2.86. The number of carbonyl (C=O) groups is 2. The number of aliphatic imine (C=N–C) groups is 1. The molecule has 2 amide bonds. The minimum Gasteiger partial charge on any atom is -0.322 e. The van der Waals surface area contributed by atoms with Crippen molar-refractivity contribution in [2.75, 3.05) is 5.32 Å². The first-order chi connectivity index (χ1) is 13.8. The van der Waals surface area contributed by atoms with Gasteiger partial charge in [0, 0.05) is 30.7 Å². The van der Waals surface area contributed by atoms with Crippen molar-refractivity contribution in [3.05, 3.63) is 70.1 Å². The molecule has 0 saturated heterocycles. The quantitative estimate of drug-likeness (QED) is 0.288. The largest absolute Gasteiger partial charge is 0.322 e. The Morgan fingerprint density at radius 1 is 1.28 bits per heavy atom. The first-order valence-corrected chi connectivity index (χ1v) is 9.39. The molecular formula is C20H21BrN6O2. The zero-order chi connectivity index (χ0) is 21.4. The summed E-state index contributed by atoms with van der Waals surface area (Å²) in [6.07, 6.45) is 6.40. The molecule has 2 N–H and O–H groups in total. The molecule has 0 aliphatic heterocycles. The summed E-state index contributed by atoms with van der Waals surface area (Å²) in [6.45, 7) is 6.88. The number of rotatable bonds is 7. The van der Waals surface area contributed by atoms with E-state index in [1.54, 1.807) is 63.5 Å². The van der Waals surface area contributed by atoms with Gasteiger partial charge in [-0.1, -0.05) is 18.2 Å². The van der Waals surface area contributed by atoms with Crippen LogP contribution >= 0.6 is 15.9 Å². The van der Waals surface area contributed by atoms with Crippen molar-refractivity contribution in [1.82, 2.24) is 15.2 Å². The molecule has 8 nitrogen and oxygen atoms in total. The Labute approximate surface area is 177 Å². The highest BCUT2D eigenvalue weighted by Gasteiger charge is 2.14. The molecule has 0 aliphatic carbocycles. The number of amides is 2. The number of hydrogen-bond acceptors (Lipinski definition) is 5. The van der Waals surface area contributed by atoms with Crippen LogP contribution in [0, 0.1) is 0 Å². The van der Waals surface area contributed by atoms with Crippen LogP contribution in [-0.2, 0) is 11.8 Å². The van der Waals surface area contributed by atoms with Crippen LogP contribution in [-0.4, -0.2) is 34.0 Å². The van der Waals surface area contributed by atoms with Gasteiger partial charge in [0.2, 0.25) is 0 Å². The summed E-state index contributed by atoms with van der Waals surface area (Å²) in [7, 11) is 1.72. The summed E-state index contributed by atoms with van der Waals surface area (Å²) in [5.41, 5.74) is 5.25. The van der Waals surface area contributed by atoms with Crippen molar-refractivity contribution in [3.63, 3.8) is 0 Å². The molecule has 9 heteroatoms. The highest BCUT2D eigenvalue weighted by molar-refractivity contribution is 9.10. The van der Waals surface area contributed by atoms with Crippen LogP contribution in [0.3, 0.4) is 0 Å². The van der Waals surface area contributed by atoms with Crippen LogP contribution in [0.2, 0.25) is 0 Å². The molecular weight excluding hydrogens is 436 g/mol. The number of anilines is 1. The van der Waals surface area contributed by atoms with Gasteiger partial charge in [-0.3, -0.25) is 19.3 Å². The second kappa shape index (κ2) is 10.3. The molecule has 0 aliphatic rings. The summed E-state index contributed by atoms with van der Waals surface area (Å²) >= 11 is 3.28. The third-order valence-electron chi connectivity index (χ3n) is 3.82. The van der Waals surface area contributed by atoms with Gasteiger partial charge >= 0.3 is 0 Å². The van der Waals surface area contributed by atoms with Crippen LogP contribution < -0.4 is 10.7 Å². The minimum absolute atomic E-state index is 0.251. The van der Waals surface area contributed by atoms with Crippen molar-refractivity contribution >= 4 is 45.9 Å². The fourth-order valence-electron chi connectivity index (χ4n) is 2.30. The molecule has 0 bridgehead atoms. The van der Waals surface area contributed by atoms with Crippen LogP contribution in [0.1, 0.15) is 29.9 Å². The maximum atomic E-state index is 12.2. The van der Waals surface area contributed by atoms with E-state index in [4.69, 9.17) is 0 Å². The molecule has 150 valence electrons. The van der Waals surface area contributed by atoms with Crippen LogP contribution in [0.4, 0.5) is 5.69 Å². The Bertz CT molecular complexity index is 1000. The molecule has 2 rings (SSSR count). The highest BCUT2D eigenvalue weighted by Crippen LogP contribution is 2.14. The van der Waals surface area contributed by atoms with E-state index in [9.17, 15) is 9.59 Å². The smallest absolute Gasteiger partial charge is 0.293 e. The number of carbonyl (C=O) groups excluding carboxylic acids is 2. The van der Waals surface area contributed by atoms with E-state index < -0.39 is 5.91 Å². The standard InChI is InChI=1S/C20H21BrN6O2/c1-5-14(10-11-22-3)19(28)23-16-8-6-15(7-9-16)13(2)24-25-20(29)18-17(21)12-27(4)26-18/h5-12H,3H2,1-2,4H3,(H,23,28)(H,25,29). The summed E-state index contributed by atoms with van der Waals surface area (Å²) in [5.74, 6) is -0.666. The van der Waals surface area contributed by atoms with E-state index in [1.807, 2.05) is 0 Å². The van der Waals surface area contributed by atoms with E-state index in [0.717, 1.165) is 5.56 Å². The second-order valence-corrected chi connectivity index (χ2v) is 6.77. The van der Waals surface area contributed by atoms with Crippen molar-refractivity contribution < 1.29 is 9.59 Å². The number of nitrogens with zero attached hydrogens (tertiary/aromatic N) is 4. The lowest BCUT2D eigenvalue weighted by molar-refractivity contribution is -0.112. The van der Waals surface area contributed by atoms with E-state index in [2.05, 4.69) is 48.6 Å². The number of hydrazone groups is 1. The number of benzene rings is 1. The Morgan fingerprint density at radius 3 is 2.52 bits per heavy atom. The lowest BCUT2D eigenvalue weighted by Gasteiger charge is -2.07. The van der Waals surface area contributed by atoms with Crippen molar-refractivity contribution in [1.29, 1.82) is 0 Å². The van der Waals surface area contributed by atoms with Gasteiger partial charge in [0.1, 0.15) is 0 Å². The summed E-state index contributed by atoms with van der Waals surface area (Å²) in [5, 5.41) is 11.0. The van der Waals surface area contributed by atoms with Gasteiger partial charge in [-0.2, -0.15) is 10.2 Å². The normalized spacial score (nSPS) is 12.1. The van der Waals surface area contributed by atoms with E-state index in [0.29, 0.717) is 21.4 Å². The van der Waals surface area contributed by atoms with Crippen LogP contribution in [0.15, 0.2) is 69.0 Å². The van der Waals surface area contributed by atoms with Gasteiger partial charge < -0.3 is 5.32 Å². The molecule has 0 spiro atoms. The first kappa shape index (κ1) is 22.0. The maximum Gasteiger partial charge on any atom is 0.293 e. The second-order valence-electron chi connectivity index (χ2n) is 5.91. The average Bonchev–Trinajstić information content (AvgIpc) is 3.05. The lowest BCUT2D eigenvalue weighted by Crippen LogP contribution is -2.20. The Morgan fingerprint density at radius 2 is 1.97 bits per heavy atom. The Kier molecular flexibility index (Phi) is 7.79. The fraction of sp³-hybridized carbons (Fsp3) is 0.150. The van der Waals surface area contributed by atoms with Gasteiger partial charge in [-0.15, -0.1) is 0 Å². The van der Waals surface area contributed by atoms with Gasteiger partial charge in [0.15, 0.2) is 5.69 Å². The number of aryl methyl sites for hydroxylation is 1. The van der Waals surface area contributed by atoms with E-state index in [1.165, 1.54) is 10.9 Å². The third kappa shape index (κ3) is 6.08. The monoisotopic (exact) mass is 456 g/mol. The minimum atomic E-state index is -0.415. The average molecular weight is 457 g/mol. The van der Waals surface area contributed by atoms with E-state index in [-0.39, 0.29) is 11.6 Å². The molecule has 0 atom stereocenters. The predicted molar refractivity (Wildman–Crippen MR) is 118 cm³/mol. The van der Waals surface area contributed by atoms with Crippen molar-refractivity contribution in [2.24, 2.45) is 17.1 Å². The molecule has 29 heavy (non-hydrogen) atoms. The predicted octanol–water partition coefficient (Wildman–Crippen LogP) is 3.44. The van der Waals surface area contributed by atoms with Gasteiger partial charge in [-0.05, 0) is 60.3 Å². The van der Waals surface area contributed by atoms with Crippen LogP contribution in [0.5, 0.6) is 0 Å². The third-order valence-corrected chi connectivity index (χ3v) is 4.40. The number of allylic oxidation sites excluding steroid dienone is 1. The van der Waals surface area contributed by atoms with Gasteiger partial charge in [-0.25, -0.2) is 5.43 Å². The molecule has 0 radical (unpaired) electrons. The lowest BCUT2D eigenvalue weighted by atomic mass is 10.1. The molecule has 2 aromatic rings. The summed E-state index contributed by atoms with van der Waals surface area (Å²) in [4.78, 5) is 28.0.